The number of nitrogens with two attached hydrogens (primary N) is 1. The molecule has 0 aliphatic rings. The maximum absolute atomic E-state index is 14.1. The van der Waals surface area contributed by atoms with Crippen LogP contribution in [0.3, 0.4) is 0 Å². The van der Waals surface area contributed by atoms with E-state index in [0.717, 1.165) is 0 Å². The fourth-order valence-corrected chi connectivity index (χ4v) is 3.59. The van der Waals surface area contributed by atoms with Crippen molar-refractivity contribution in [2.45, 2.75) is 17.7 Å². The standard InChI is InChI=1S/C15H15F2NO2S/c1-11-6-5-9-13(14(11)18)21(19,20)10-15(16,17)12-7-3-2-4-8-12/h2-9H,10,18H2,1H3. The van der Waals surface area contributed by atoms with E-state index in [4.69, 9.17) is 5.73 Å². The molecule has 2 N–H and O–H groups in total. The number of nitrogen functional groups attached to an aromatic ring is 1. The Morgan fingerprint density at radius 3 is 2.29 bits per heavy atom. The highest BCUT2D eigenvalue weighted by atomic mass is 32.2. The number of rotatable bonds is 4. The van der Waals surface area contributed by atoms with Crippen molar-refractivity contribution >= 4 is 15.5 Å². The third-order valence-corrected chi connectivity index (χ3v) is 4.96. The molecule has 0 aliphatic carbocycles. The molecule has 0 saturated heterocycles. The quantitative estimate of drug-likeness (QED) is 0.882. The lowest BCUT2D eigenvalue weighted by molar-refractivity contribution is 0.0213. The lowest BCUT2D eigenvalue weighted by Crippen LogP contribution is -2.26. The van der Waals surface area contributed by atoms with Crippen LogP contribution in [0.25, 0.3) is 0 Å². The van der Waals surface area contributed by atoms with Crippen LogP contribution in [0.1, 0.15) is 11.1 Å². The molecule has 2 aromatic carbocycles. The summed E-state index contributed by atoms with van der Waals surface area (Å²) in [7, 11) is -4.19. The van der Waals surface area contributed by atoms with Crippen molar-refractivity contribution < 1.29 is 17.2 Å². The first-order chi connectivity index (χ1) is 9.74. The predicted molar refractivity (Wildman–Crippen MR) is 78.0 cm³/mol. The Bertz CT molecular complexity index is 744. The molecule has 2 aromatic rings. The van der Waals surface area contributed by atoms with Crippen molar-refractivity contribution in [3.63, 3.8) is 0 Å². The third kappa shape index (κ3) is 3.21. The van der Waals surface area contributed by atoms with Crippen molar-refractivity contribution in [2.75, 3.05) is 11.5 Å². The Morgan fingerprint density at radius 1 is 1.05 bits per heavy atom. The van der Waals surface area contributed by atoms with Crippen LogP contribution in [0, 0.1) is 6.92 Å². The third-order valence-electron chi connectivity index (χ3n) is 3.19. The van der Waals surface area contributed by atoms with Crippen molar-refractivity contribution in [1.82, 2.24) is 0 Å². The highest BCUT2D eigenvalue weighted by Gasteiger charge is 2.38. The second-order valence-electron chi connectivity index (χ2n) is 4.82. The summed E-state index contributed by atoms with van der Waals surface area (Å²) in [5.41, 5.74) is 5.92. The molecular weight excluding hydrogens is 296 g/mol. The zero-order valence-electron chi connectivity index (χ0n) is 11.4. The Labute approximate surface area is 122 Å². The van der Waals surface area contributed by atoms with Gasteiger partial charge in [-0.1, -0.05) is 42.5 Å². The van der Waals surface area contributed by atoms with Crippen molar-refractivity contribution in [2.24, 2.45) is 0 Å². The summed E-state index contributed by atoms with van der Waals surface area (Å²) in [6.45, 7) is 1.63. The highest BCUT2D eigenvalue weighted by molar-refractivity contribution is 7.91. The zero-order valence-corrected chi connectivity index (χ0v) is 12.2. The number of benzene rings is 2. The molecule has 21 heavy (non-hydrogen) atoms. The molecule has 0 aromatic heterocycles. The molecule has 0 fully saturated rings. The monoisotopic (exact) mass is 311 g/mol. The van der Waals surface area contributed by atoms with Gasteiger partial charge < -0.3 is 5.73 Å². The summed E-state index contributed by atoms with van der Waals surface area (Å²) in [6, 6.07) is 11.2. The summed E-state index contributed by atoms with van der Waals surface area (Å²) >= 11 is 0. The van der Waals surface area contributed by atoms with E-state index in [1.807, 2.05) is 0 Å². The number of halogens is 2. The second kappa shape index (κ2) is 5.44. The topological polar surface area (TPSA) is 60.2 Å². The molecule has 0 amide bonds. The zero-order chi connectivity index (χ0) is 15.7. The summed E-state index contributed by atoms with van der Waals surface area (Å²) < 4.78 is 52.8. The smallest absolute Gasteiger partial charge is 0.287 e. The number of alkyl halides is 2. The minimum Gasteiger partial charge on any atom is -0.397 e. The minimum absolute atomic E-state index is 0.0151. The Hall–Kier alpha value is -1.95. The number of sulfone groups is 1. The fraction of sp³-hybridized carbons (Fsp3) is 0.200. The van der Waals surface area contributed by atoms with Gasteiger partial charge in [0, 0.05) is 5.56 Å². The maximum atomic E-state index is 14.1. The van der Waals surface area contributed by atoms with E-state index in [1.54, 1.807) is 19.1 Å². The molecule has 3 nitrogen and oxygen atoms in total. The van der Waals surface area contributed by atoms with E-state index in [9.17, 15) is 17.2 Å². The number of aryl methyl sites for hydroxylation is 1. The number of para-hydroxylation sites is 1. The number of hydrogen-bond acceptors (Lipinski definition) is 3. The van der Waals surface area contributed by atoms with Crippen molar-refractivity contribution in [3.05, 3.63) is 59.7 Å². The van der Waals surface area contributed by atoms with Gasteiger partial charge in [-0.2, -0.15) is 0 Å². The largest absolute Gasteiger partial charge is 0.397 e. The minimum atomic E-state index is -4.19. The molecule has 0 spiro atoms. The van der Waals surface area contributed by atoms with E-state index >= 15 is 0 Å². The van der Waals surface area contributed by atoms with Crippen LogP contribution in [0.4, 0.5) is 14.5 Å². The maximum Gasteiger partial charge on any atom is 0.287 e. The van der Waals surface area contributed by atoms with Gasteiger partial charge in [0.1, 0.15) is 5.75 Å². The summed E-state index contributed by atoms with van der Waals surface area (Å²) in [6.07, 6.45) is 0. The van der Waals surface area contributed by atoms with Crippen molar-refractivity contribution in [3.8, 4) is 0 Å². The van der Waals surface area contributed by atoms with Crippen LogP contribution in [-0.2, 0) is 15.8 Å². The van der Waals surface area contributed by atoms with Gasteiger partial charge in [0.05, 0.1) is 10.6 Å². The highest BCUT2D eigenvalue weighted by Crippen LogP contribution is 2.33. The van der Waals surface area contributed by atoms with E-state index in [1.165, 1.54) is 36.4 Å². The molecular formula is C15H15F2NO2S. The van der Waals surface area contributed by atoms with Gasteiger partial charge in [-0.3, -0.25) is 0 Å². The van der Waals surface area contributed by atoms with E-state index in [-0.39, 0.29) is 16.1 Å². The van der Waals surface area contributed by atoms with Crippen LogP contribution in [0.15, 0.2) is 53.4 Å². The van der Waals surface area contributed by atoms with E-state index in [0.29, 0.717) is 5.56 Å². The predicted octanol–water partition coefficient (Wildman–Crippen LogP) is 3.14. The summed E-state index contributed by atoms with van der Waals surface area (Å²) in [5.74, 6) is -4.78. The first kappa shape index (κ1) is 15.4. The van der Waals surface area contributed by atoms with Crippen LogP contribution in [0.2, 0.25) is 0 Å². The molecule has 0 unspecified atom stereocenters. The van der Waals surface area contributed by atoms with Gasteiger partial charge in [-0.05, 0) is 18.6 Å². The number of hydrogen-bond donors (Lipinski definition) is 1. The second-order valence-corrected chi connectivity index (χ2v) is 6.77. The Balaban J connectivity index is 2.40. The lowest BCUT2D eigenvalue weighted by atomic mass is 10.1. The van der Waals surface area contributed by atoms with Crippen LogP contribution in [-0.4, -0.2) is 14.2 Å². The average Bonchev–Trinajstić information content (AvgIpc) is 2.41. The molecule has 112 valence electrons. The van der Waals surface area contributed by atoms with Crippen LogP contribution < -0.4 is 5.73 Å². The van der Waals surface area contributed by atoms with Gasteiger partial charge in [-0.25, -0.2) is 17.2 Å². The molecule has 0 atom stereocenters. The van der Waals surface area contributed by atoms with Gasteiger partial charge in [0.25, 0.3) is 5.92 Å². The molecule has 0 bridgehead atoms. The molecule has 6 heteroatoms. The SMILES string of the molecule is Cc1cccc(S(=O)(=O)CC(F)(F)c2ccccc2)c1N. The van der Waals surface area contributed by atoms with Crippen LogP contribution >= 0.6 is 0 Å². The van der Waals surface area contributed by atoms with Crippen molar-refractivity contribution in [1.29, 1.82) is 0 Å². The molecule has 0 aliphatic heterocycles. The fourth-order valence-electron chi connectivity index (χ4n) is 2.01. The summed E-state index contributed by atoms with van der Waals surface area (Å²) in [4.78, 5) is -0.252. The molecule has 0 radical (unpaired) electrons. The lowest BCUT2D eigenvalue weighted by Gasteiger charge is -2.18. The van der Waals surface area contributed by atoms with Gasteiger partial charge in [0.2, 0.25) is 0 Å². The van der Waals surface area contributed by atoms with Gasteiger partial charge in [0.15, 0.2) is 9.84 Å². The van der Waals surface area contributed by atoms with E-state index in [2.05, 4.69) is 0 Å². The first-order valence-electron chi connectivity index (χ1n) is 6.25. The van der Waals surface area contributed by atoms with Crippen LogP contribution in [0.5, 0.6) is 0 Å². The van der Waals surface area contributed by atoms with E-state index < -0.39 is 21.5 Å². The van der Waals surface area contributed by atoms with Gasteiger partial charge >= 0.3 is 0 Å². The average molecular weight is 311 g/mol. The summed E-state index contributed by atoms with van der Waals surface area (Å²) in [5, 5.41) is 0. The Kier molecular flexibility index (Phi) is 4.00. The molecule has 0 heterocycles. The first-order valence-corrected chi connectivity index (χ1v) is 7.90. The van der Waals surface area contributed by atoms with Gasteiger partial charge in [-0.15, -0.1) is 0 Å². The molecule has 2 rings (SSSR count). The Morgan fingerprint density at radius 2 is 1.67 bits per heavy atom. The number of anilines is 1. The molecule has 0 saturated carbocycles. The normalized spacial score (nSPS) is 12.3.